The van der Waals surface area contributed by atoms with Gasteiger partial charge in [-0.1, -0.05) is 28.1 Å². The Morgan fingerprint density at radius 2 is 2.05 bits per heavy atom. The van der Waals surface area contributed by atoms with Crippen molar-refractivity contribution in [1.82, 2.24) is 15.1 Å². The van der Waals surface area contributed by atoms with Gasteiger partial charge in [-0.05, 0) is 24.6 Å². The van der Waals surface area contributed by atoms with E-state index in [1.54, 1.807) is 39.2 Å². The molecule has 1 atom stereocenters. The van der Waals surface area contributed by atoms with Gasteiger partial charge in [0.15, 0.2) is 0 Å². The second kappa shape index (κ2) is 5.48. The monoisotopic (exact) mass is 353 g/mol. The first kappa shape index (κ1) is 15.5. The zero-order valence-corrected chi connectivity index (χ0v) is 13.6. The lowest BCUT2D eigenvalue weighted by molar-refractivity contribution is -0.137. The highest BCUT2D eigenvalue weighted by Crippen LogP contribution is 2.30. The van der Waals surface area contributed by atoms with Gasteiger partial charge < -0.3 is 10.2 Å². The van der Waals surface area contributed by atoms with Crippen LogP contribution in [-0.4, -0.2) is 48.3 Å². The molecule has 4 amide bonds. The molecule has 1 fully saturated rings. The predicted molar refractivity (Wildman–Crippen MR) is 80.4 cm³/mol. The van der Waals surface area contributed by atoms with E-state index in [2.05, 4.69) is 21.2 Å². The number of urea groups is 1. The van der Waals surface area contributed by atoms with E-state index in [0.717, 1.165) is 9.37 Å². The zero-order valence-electron chi connectivity index (χ0n) is 12.0. The lowest BCUT2D eigenvalue weighted by Gasteiger charge is -2.22. The minimum absolute atomic E-state index is 0.263. The number of hydrogen-bond donors (Lipinski definition) is 1. The third kappa shape index (κ3) is 2.78. The molecule has 1 aromatic rings. The quantitative estimate of drug-likeness (QED) is 0.832. The maximum atomic E-state index is 12.6. The van der Waals surface area contributed by atoms with Crippen molar-refractivity contribution in [3.63, 3.8) is 0 Å². The highest BCUT2D eigenvalue weighted by Gasteiger charge is 2.49. The second-order valence-corrected chi connectivity index (χ2v) is 6.16. The van der Waals surface area contributed by atoms with Gasteiger partial charge in [-0.25, -0.2) is 4.79 Å². The van der Waals surface area contributed by atoms with Gasteiger partial charge in [-0.2, -0.15) is 0 Å². The molecular weight excluding hydrogens is 338 g/mol. The summed E-state index contributed by atoms with van der Waals surface area (Å²) in [6.45, 7) is 1.37. The summed E-state index contributed by atoms with van der Waals surface area (Å²) in [6, 6.07) is 6.60. The Hall–Kier alpha value is -1.89. The van der Waals surface area contributed by atoms with E-state index in [1.807, 2.05) is 6.07 Å². The normalized spacial score (nSPS) is 21.4. The molecule has 1 heterocycles. The van der Waals surface area contributed by atoms with Gasteiger partial charge in [0.1, 0.15) is 12.1 Å². The summed E-state index contributed by atoms with van der Waals surface area (Å²) in [6.07, 6.45) is 0. The van der Waals surface area contributed by atoms with Crippen LogP contribution < -0.4 is 5.32 Å². The first-order valence-electron chi connectivity index (χ1n) is 6.36. The Morgan fingerprint density at radius 3 is 2.62 bits per heavy atom. The van der Waals surface area contributed by atoms with Crippen LogP contribution in [0.4, 0.5) is 4.79 Å². The molecular formula is C14H16BrN3O3. The minimum Gasteiger partial charge on any atom is -0.347 e. The van der Waals surface area contributed by atoms with Crippen molar-refractivity contribution >= 4 is 33.8 Å². The number of benzene rings is 1. The number of hydrogen-bond acceptors (Lipinski definition) is 3. The maximum Gasteiger partial charge on any atom is 0.325 e. The van der Waals surface area contributed by atoms with Crippen molar-refractivity contribution < 1.29 is 14.4 Å². The average molecular weight is 354 g/mol. The van der Waals surface area contributed by atoms with Crippen LogP contribution in [0.15, 0.2) is 28.7 Å². The third-order valence-electron chi connectivity index (χ3n) is 3.47. The molecule has 2 rings (SSSR count). The number of imide groups is 1. The van der Waals surface area contributed by atoms with Gasteiger partial charge in [0, 0.05) is 18.6 Å². The number of carbonyl (C=O) groups excluding carboxylic acids is 3. The Bertz CT molecular complexity index is 617. The molecule has 0 aliphatic carbocycles. The molecule has 21 heavy (non-hydrogen) atoms. The third-order valence-corrected chi connectivity index (χ3v) is 3.96. The van der Waals surface area contributed by atoms with Gasteiger partial charge in [-0.15, -0.1) is 0 Å². The summed E-state index contributed by atoms with van der Waals surface area (Å²) in [4.78, 5) is 38.6. The number of halogens is 1. The summed E-state index contributed by atoms with van der Waals surface area (Å²) in [5.74, 6) is -0.738. The highest BCUT2D eigenvalue weighted by molar-refractivity contribution is 9.10. The van der Waals surface area contributed by atoms with Crippen molar-refractivity contribution in [3.05, 3.63) is 34.3 Å². The molecule has 0 saturated carbocycles. The smallest absolute Gasteiger partial charge is 0.325 e. The van der Waals surface area contributed by atoms with E-state index in [9.17, 15) is 14.4 Å². The zero-order chi connectivity index (χ0) is 15.8. The summed E-state index contributed by atoms with van der Waals surface area (Å²) in [7, 11) is 3.16. The van der Waals surface area contributed by atoms with Gasteiger partial charge in [-0.3, -0.25) is 14.5 Å². The fourth-order valence-electron chi connectivity index (χ4n) is 2.11. The Morgan fingerprint density at radius 1 is 1.38 bits per heavy atom. The van der Waals surface area contributed by atoms with Crippen LogP contribution >= 0.6 is 15.9 Å². The summed E-state index contributed by atoms with van der Waals surface area (Å²) < 4.78 is 0.811. The first-order valence-corrected chi connectivity index (χ1v) is 7.15. The van der Waals surface area contributed by atoms with E-state index in [4.69, 9.17) is 0 Å². The molecule has 0 bridgehead atoms. The summed E-state index contributed by atoms with van der Waals surface area (Å²) in [5.41, 5.74) is -0.497. The Balaban J connectivity index is 2.30. The van der Waals surface area contributed by atoms with Gasteiger partial charge >= 0.3 is 6.03 Å². The van der Waals surface area contributed by atoms with Crippen molar-refractivity contribution in [3.8, 4) is 0 Å². The maximum absolute atomic E-state index is 12.6. The fraction of sp³-hybridized carbons (Fsp3) is 0.357. The molecule has 112 valence electrons. The number of rotatable bonds is 3. The van der Waals surface area contributed by atoms with Crippen molar-refractivity contribution in [1.29, 1.82) is 0 Å². The van der Waals surface area contributed by atoms with Crippen LogP contribution in [0, 0.1) is 0 Å². The second-order valence-electron chi connectivity index (χ2n) is 5.24. The standard InChI is InChI=1S/C14H16BrN3O3/c1-14(9-5-4-6-10(15)7-9)12(20)18(13(21)16-14)8-11(19)17(2)3/h4-7H,8H2,1-3H3,(H,16,21). The van der Waals surface area contributed by atoms with Gasteiger partial charge in [0.2, 0.25) is 5.91 Å². The van der Waals surface area contributed by atoms with Crippen LogP contribution in [0.1, 0.15) is 12.5 Å². The van der Waals surface area contributed by atoms with Gasteiger partial charge in [0.25, 0.3) is 5.91 Å². The molecule has 0 spiro atoms. The van der Waals surface area contributed by atoms with Crippen molar-refractivity contribution in [2.24, 2.45) is 0 Å². The summed E-state index contributed by atoms with van der Waals surface area (Å²) >= 11 is 3.34. The SMILES string of the molecule is CN(C)C(=O)CN1C(=O)NC(C)(c2cccc(Br)c2)C1=O. The molecule has 0 aromatic heterocycles. The number of nitrogens with one attached hydrogen (secondary N) is 1. The molecule has 6 nitrogen and oxygen atoms in total. The Kier molecular flexibility index (Phi) is 4.04. The molecule has 1 unspecified atom stereocenters. The van der Waals surface area contributed by atoms with Crippen LogP contribution in [0.2, 0.25) is 0 Å². The molecule has 1 aliphatic rings. The molecule has 1 saturated heterocycles. The molecule has 1 aliphatic heterocycles. The Labute approximate surface area is 131 Å². The van der Waals surface area contributed by atoms with Gasteiger partial charge in [0.05, 0.1) is 0 Å². The molecule has 1 N–H and O–H groups in total. The van der Waals surface area contributed by atoms with Crippen molar-refractivity contribution in [2.75, 3.05) is 20.6 Å². The molecule has 1 aromatic carbocycles. The first-order chi connectivity index (χ1) is 9.75. The molecule has 7 heteroatoms. The fourth-order valence-corrected chi connectivity index (χ4v) is 2.51. The molecule has 0 radical (unpaired) electrons. The minimum atomic E-state index is -1.16. The van der Waals surface area contributed by atoms with Crippen LogP contribution in [-0.2, 0) is 15.1 Å². The predicted octanol–water partition coefficient (Wildman–Crippen LogP) is 1.30. The van der Waals surface area contributed by atoms with E-state index < -0.39 is 17.5 Å². The summed E-state index contributed by atoms with van der Waals surface area (Å²) in [5, 5.41) is 2.66. The van der Waals surface area contributed by atoms with Crippen LogP contribution in [0.25, 0.3) is 0 Å². The lowest BCUT2D eigenvalue weighted by atomic mass is 9.92. The highest BCUT2D eigenvalue weighted by atomic mass is 79.9. The van der Waals surface area contributed by atoms with Crippen LogP contribution in [0.3, 0.4) is 0 Å². The number of amides is 4. The average Bonchev–Trinajstić information content (AvgIpc) is 2.63. The number of nitrogens with zero attached hydrogens (tertiary/aromatic N) is 2. The van der Waals surface area contributed by atoms with E-state index in [1.165, 1.54) is 4.90 Å². The number of carbonyl (C=O) groups is 3. The van der Waals surface area contributed by atoms with E-state index in [-0.39, 0.29) is 12.5 Å². The topological polar surface area (TPSA) is 69.7 Å². The van der Waals surface area contributed by atoms with Crippen molar-refractivity contribution in [2.45, 2.75) is 12.5 Å². The van der Waals surface area contributed by atoms with Crippen LogP contribution in [0.5, 0.6) is 0 Å². The van der Waals surface area contributed by atoms with E-state index in [0.29, 0.717) is 5.56 Å². The largest absolute Gasteiger partial charge is 0.347 e. The lowest BCUT2D eigenvalue weighted by Crippen LogP contribution is -2.43. The number of likely N-dealkylation sites (N-methyl/N-ethyl adjacent to an activating group) is 1. The van der Waals surface area contributed by atoms with E-state index >= 15 is 0 Å².